The molecule has 1 heterocycles. The molecule has 1 atom stereocenters. The molecule has 3 heteroatoms. The maximum atomic E-state index is 4.30. The van der Waals surface area contributed by atoms with E-state index in [9.17, 15) is 0 Å². The molecule has 0 saturated heterocycles. The van der Waals surface area contributed by atoms with Gasteiger partial charge in [-0.05, 0) is 13.8 Å². The fraction of sp³-hybridized carbons (Fsp3) is 0.429. The molecule has 0 radical (unpaired) electrons. The van der Waals surface area contributed by atoms with Crippen molar-refractivity contribution in [3.05, 3.63) is 23.8 Å². The van der Waals surface area contributed by atoms with Crippen LogP contribution in [-0.2, 0) is 0 Å². The van der Waals surface area contributed by atoms with Gasteiger partial charge in [-0.15, -0.1) is 0 Å². The van der Waals surface area contributed by atoms with Crippen molar-refractivity contribution in [2.75, 3.05) is 0 Å². The molecule has 54 valence electrons. The van der Waals surface area contributed by atoms with Crippen LogP contribution in [0.2, 0.25) is 0 Å². The second-order valence-electron chi connectivity index (χ2n) is 2.20. The van der Waals surface area contributed by atoms with Crippen LogP contribution in [0.3, 0.4) is 0 Å². The molecular weight excluding hydrogens is 239 g/mol. The second kappa shape index (κ2) is 3.27. The van der Waals surface area contributed by atoms with E-state index in [1.807, 2.05) is 13.1 Å². The Balaban J connectivity index is 2.96. The highest BCUT2D eigenvalue weighted by Gasteiger charge is 2.00. The molecule has 1 rings (SSSR count). The normalized spacial score (nSPS) is 13.1. The zero-order chi connectivity index (χ0) is 7.56. The molecule has 1 aromatic rings. The summed E-state index contributed by atoms with van der Waals surface area (Å²) in [5.74, 6) is 0. The number of alkyl halides is 1. The van der Waals surface area contributed by atoms with Crippen molar-refractivity contribution < 1.29 is 0 Å². The first-order chi connectivity index (χ1) is 4.70. The lowest BCUT2D eigenvalue weighted by molar-refractivity contribution is 0.972. The minimum Gasteiger partial charge on any atom is -0.261 e. The summed E-state index contributed by atoms with van der Waals surface area (Å²) in [7, 11) is 0. The van der Waals surface area contributed by atoms with Gasteiger partial charge in [0.25, 0.3) is 0 Å². The summed E-state index contributed by atoms with van der Waals surface area (Å²) >= 11 is 2.32. The van der Waals surface area contributed by atoms with Crippen molar-refractivity contribution in [1.29, 1.82) is 0 Å². The minimum absolute atomic E-state index is 0.449. The molecule has 0 aliphatic carbocycles. The average molecular weight is 248 g/mol. The molecule has 0 N–H and O–H groups in total. The summed E-state index contributed by atoms with van der Waals surface area (Å²) in [5.41, 5.74) is 2.04. The van der Waals surface area contributed by atoms with Gasteiger partial charge in [-0.1, -0.05) is 22.6 Å². The number of rotatable bonds is 1. The molecule has 0 bridgehead atoms. The predicted molar refractivity (Wildman–Crippen MR) is 49.2 cm³/mol. The largest absolute Gasteiger partial charge is 0.261 e. The van der Waals surface area contributed by atoms with Gasteiger partial charge in [0.2, 0.25) is 0 Å². The van der Waals surface area contributed by atoms with E-state index in [-0.39, 0.29) is 0 Å². The summed E-state index contributed by atoms with van der Waals surface area (Å²) in [6.07, 6.45) is 3.58. The monoisotopic (exact) mass is 248 g/mol. The maximum Gasteiger partial charge on any atom is 0.0715 e. The van der Waals surface area contributed by atoms with Gasteiger partial charge in [-0.3, -0.25) is 9.97 Å². The summed E-state index contributed by atoms with van der Waals surface area (Å²) in [4.78, 5) is 8.34. The summed E-state index contributed by atoms with van der Waals surface area (Å²) in [6, 6.07) is 0. The van der Waals surface area contributed by atoms with Crippen LogP contribution in [0.15, 0.2) is 12.4 Å². The lowest BCUT2D eigenvalue weighted by Gasteiger charge is -2.00. The first kappa shape index (κ1) is 7.91. The fourth-order valence-electron chi connectivity index (χ4n) is 0.675. The van der Waals surface area contributed by atoms with Gasteiger partial charge < -0.3 is 0 Å². The van der Waals surface area contributed by atoms with Crippen LogP contribution in [0.25, 0.3) is 0 Å². The van der Waals surface area contributed by atoms with Crippen LogP contribution in [0, 0.1) is 6.92 Å². The van der Waals surface area contributed by atoms with Gasteiger partial charge >= 0.3 is 0 Å². The molecule has 0 aromatic carbocycles. The fourth-order valence-corrected chi connectivity index (χ4v) is 0.975. The van der Waals surface area contributed by atoms with Gasteiger partial charge in [0.1, 0.15) is 0 Å². The highest BCUT2D eigenvalue weighted by atomic mass is 127. The number of hydrogen-bond donors (Lipinski definition) is 0. The van der Waals surface area contributed by atoms with Crippen molar-refractivity contribution in [3.8, 4) is 0 Å². The van der Waals surface area contributed by atoms with Crippen LogP contribution in [0.4, 0.5) is 0 Å². The SMILES string of the molecule is Cc1cncc(C(C)I)n1. The number of halogens is 1. The van der Waals surface area contributed by atoms with Crippen LogP contribution in [0.1, 0.15) is 22.2 Å². The van der Waals surface area contributed by atoms with Crippen molar-refractivity contribution in [1.82, 2.24) is 9.97 Å². The summed E-state index contributed by atoms with van der Waals surface area (Å²) in [6.45, 7) is 4.06. The van der Waals surface area contributed by atoms with Gasteiger partial charge in [0.15, 0.2) is 0 Å². The third kappa shape index (κ3) is 1.90. The molecule has 0 spiro atoms. The predicted octanol–water partition coefficient (Wildman–Crippen LogP) is 2.28. The van der Waals surface area contributed by atoms with E-state index in [1.165, 1.54) is 0 Å². The van der Waals surface area contributed by atoms with E-state index < -0.39 is 0 Å². The van der Waals surface area contributed by atoms with Crippen molar-refractivity contribution in [3.63, 3.8) is 0 Å². The highest BCUT2D eigenvalue weighted by Crippen LogP contribution is 2.18. The molecule has 10 heavy (non-hydrogen) atoms. The molecule has 0 fully saturated rings. The zero-order valence-corrected chi connectivity index (χ0v) is 8.16. The Morgan fingerprint density at radius 3 is 2.60 bits per heavy atom. The van der Waals surface area contributed by atoms with Crippen LogP contribution in [-0.4, -0.2) is 9.97 Å². The summed E-state index contributed by atoms with van der Waals surface area (Å²) in [5, 5.41) is 0. The molecule has 2 nitrogen and oxygen atoms in total. The molecule has 1 unspecified atom stereocenters. The number of nitrogens with zero attached hydrogens (tertiary/aromatic N) is 2. The van der Waals surface area contributed by atoms with E-state index in [4.69, 9.17) is 0 Å². The van der Waals surface area contributed by atoms with Gasteiger partial charge in [-0.2, -0.15) is 0 Å². The van der Waals surface area contributed by atoms with E-state index >= 15 is 0 Å². The molecule has 0 aliphatic heterocycles. The Morgan fingerprint density at radius 1 is 1.50 bits per heavy atom. The van der Waals surface area contributed by atoms with E-state index in [2.05, 4.69) is 39.5 Å². The standard InChI is InChI=1S/C7H9IN2/c1-5-3-9-4-7(10-5)6(2)8/h3-4,6H,1-2H3. The second-order valence-corrected chi connectivity index (χ2v) is 4.07. The number of aromatic nitrogens is 2. The maximum absolute atomic E-state index is 4.30. The summed E-state index contributed by atoms with van der Waals surface area (Å²) < 4.78 is 0.449. The van der Waals surface area contributed by atoms with Gasteiger partial charge in [0, 0.05) is 12.4 Å². The lowest BCUT2D eigenvalue weighted by atomic mass is 10.3. The molecule has 1 aromatic heterocycles. The van der Waals surface area contributed by atoms with Crippen molar-refractivity contribution in [2.45, 2.75) is 17.8 Å². The van der Waals surface area contributed by atoms with Gasteiger partial charge in [-0.25, -0.2) is 0 Å². The van der Waals surface area contributed by atoms with Crippen LogP contribution < -0.4 is 0 Å². The first-order valence-corrected chi connectivity index (χ1v) is 4.37. The highest BCUT2D eigenvalue weighted by molar-refractivity contribution is 14.1. The first-order valence-electron chi connectivity index (χ1n) is 3.13. The van der Waals surface area contributed by atoms with Crippen molar-refractivity contribution >= 4 is 22.6 Å². The van der Waals surface area contributed by atoms with E-state index in [0.717, 1.165) is 11.4 Å². The van der Waals surface area contributed by atoms with Gasteiger partial charge in [0.05, 0.1) is 15.3 Å². The Labute approximate surface area is 74.2 Å². The molecular formula is C7H9IN2. The molecule has 0 amide bonds. The number of aryl methyl sites for hydroxylation is 1. The van der Waals surface area contributed by atoms with E-state index in [1.54, 1.807) is 6.20 Å². The smallest absolute Gasteiger partial charge is 0.0715 e. The molecule has 0 aliphatic rings. The molecule has 0 saturated carbocycles. The zero-order valence-electron chi connectivity index (χ0n) is 6.00. The third-order valence-electron chi connectivity index (χ3n) is 1.18. The average Bonchev–Trinajstić information content (AvgIpc) is 1.88. The van der Waals surface area contributed by atoms with E-state index in [0.29, 0.717) is 3.92 Å². The third-order valence-corrected chi connectivity index (χ3v) is 1.82. The Hall–Kier alpha value is -0.190. The topological polar surface area (TPSA) is 25.8 Å². The van der Waals surface area contributed by atoms with Crippen LogP contribution in [0.5, 0.6) is 0 Å². The minimum atomic E-state index is 0.449. The number of hydrogen-bond acceptors (Lipinski definition) is 2. The Bertz CT molecular complexity index is 223. The Morgan fingerprint density at radius 2 is 2.20 bits per heavy atom. The van der Waals surface area contributed by atoms with Crippen molar-refractivity contribution in [2.24, 2.45) is 0 Å². The van der Waals surface area contributed by atoms with Crippen LogP contribution >= 0.6 is 22.6 Å². The quantitative estimate of drug-likeness (QED) is 0.562. The Kier molecular flexibility index (Phi) is 2.59. The lowest BCUT2D eigenvalue weighted by Crippen LogP contribution is -1.92.